The molecule has 0 unspecified atom stereocenters. The van der Waals surface area contributed by atoms with Crippen LogP contribution in [0.3, 0.4) is 0 Å². The smallest absolute Gasteiger partial charge is 0.408 e. The van der Waals surface area contributed by atoms with Gasteiger partial charge in [-0.2, -0.15) is 0 Å². The summed E-state index contributed by atoms with van der Waals surface area (Å²) in [5.41, 5.74) is 9.96. The Kier molecular flexibility index (Phi) is 16.8. The van der Waals surface area contributed by atoms with Crippen molar-refractivity contribution in [2.75, 3.05) is 13.1 Å². The second kappa shape index (κ2) is 22.3. The number of alkyl carbamates (subject to hydrolysis) is 1. The predicted molar refractivity (Wildman–Crippen MR) is 265 cm³/mol. The van der Waals surface area contributed by atoms with Crippen LogP contribution in [-0.2, 0) is 46.2 Å². The van der Waals surface area contributed by atoms with Crippen molar-refractivity contribution in [3.05, 3.63) is 68.9 Å². The number of ether oxygens (including phenoxy) is 3. The molecule has 4 aliphatic rings. The van der Waals surface area contributed by atoms with Crippen molar-refractivity contribution in [2.45, 2.75) is 166 Å². The van der Waals surface area contributed by atoms with Crippen LogP contribution in [0.25, 0.3) is 21.8 Å². The first-order valence-electron chi connectivity index (χ1n) is 24.2. The Morgan fingerprint density at radius 1 is 0.672 bits per heavy atom. The number of fused-ring (bicyclic) bond motifs is 2. The van der Waals surface area contributed by atoms with E-state index in [1.54, 1.807) is 0 Å². The number of halogens is 2. The number of likely N-dealkylation sites (tertiary alicyclic amines) is 2. The summed E-state index contributed by atoms with van der Waals surface area (Å²) in [6.45, 7) is 9.28. The first-order chi connectivity index (χ1) is 32.0. The Balaban J connectivity index is 0.000000203. The highest BCUT2D eigenvalue weighted by Gasteiger charge is 2.45. The van der Waals surface area contributed by atoms with E-state index in [1.165, 1.54) is 20.3 Å². The number of nitrogens with two attached hydrogens (primary N) is 1. The molecule has 16 heteroatoms. The Bertz CT molecular complexity index is 2380. The average Bonchev–Trinajstić information content (AvgIpc) is 4.05. The third-order valence-electron chi connectivity index (χ3n) is 14.0. The second-order valence-electron chi connectivity index (χ2n) is 19.9. The van der Waals surface area contributed by atoms with Crippen LogP contribution in [0.2, 0.25) is 0 Å². The highest BCUT2D eigenvalue weighted by Crippen LogP contribution is 2.36. The molecule has 0 spiro atoms. The molecule has 2 saturated carbocycles. The number of carbonyl (C=O) groups is 5. The molecule has 2 aliphatic heterocycles. The fourth-order valence-corrected chi connectivity index (χ4v) is 12.1. The zero-order chi connectivity index (χ0) is 48.0. The van der Waals surface area contributed by atoms with Gasteiger partial charge in [-0.15, -0.1) is 0 Å². The van der Waals surface area contributed by atoms with Crippen LogP contribution in [0, 0.1) is 11.8 Å². The molecule has 67 heavy (non-hydrogen) atoms. The Morgan fingerprint density at radius 2 is 1.10 bits per heavy atom. The summed E-state index contributed by atoms with van der Waals surface area (Å²) in [6, 6.07) is 14.4. The molecule has 4 fully saturated rings. The quantitative estimate of drug-likeness (QED) is 0.0838. The van der Waals surface area contributed by atoms with Crippen molar-refractivity contribution in [1.29, 1.82) is 0 Å². The van der Waals surface area contributed by atoms with E-state index in [0.717, 1.165) is 99.9 Å². The molecule has 364 valence electrons. The van der Waals surface area contributed by atoms with Gasteiger partial charge < -0.3 is 45.0 Å². The number of nitrogens with zero attached hydrogens (tertiary/aromatic N) is 2. The summed E-state index contributed by atoms with van der Waals surface area (Å²) in [5.74, 6) is -0.515. The summed E-state index contributed by atoms with van der Waals surface area (Å²) < 4.78 is 18.6. The lowest BCUT2D eigenvalue weighted by Gasteiger charge is -2.36. The van der Waals surface area contributed by atoms with Crippen LogP contribution in [0.4, 0.5) is 4.79 Å². The third-order valence-corrected chi connectivity index (χ3v) is 15.4. The van der Waals surface area contributed by atoms with Crippen molar-refractivity contribution in [2.24, 2.45) is 17.6 Å². The number of amides is 3. The van der Waals surface area contributed by atoms with E-state index in [-0.39, 0.29) is 53.8 Å². The molecule has 0 radical (unpaired) electrons. The molecule has 2 saturated heterocycles. The minimum absolute atomic E-state index is 0.00230. The van der Waals surface area contributed by atoms with Gasteiger partial charge in [-0.25, -0.2) is 4.79 Å². The number of hydrogen-bond donors (Lipinski definition) is 4. The van der Waals surface area contributed by atoms with Crippen LogP contribution in [0.5, 0.6) is 0 Å². The zero-order valence-corrected chi connectivity index (χ0v) is 42.7. The van der Waals surface area contributed by atoms with E-state index in [2.05, 4.69) is 53.2 Å². The van der Waals surface area contributed by atoms with Crippen LogP contribution in [0.15, 0.2) is 57.7 Å². The zero-order valence-electron chi connectivity index (χ0n) is 39.5. The third kappa shape index (κ3) is 12.4. The van der Waals surface area contributed by atoms with Crippen LogP contribution >= 0.6 is 31.9 Å². The highest BCUT2D eigenvalue weighted by atomic mass is 79.9. The van der Waals surface area contributed by atoms with Crippen molar-refractivity contribution >= 4 is 83.5 Å². The Labute approximate surface area is 410 Å². The number of benzene rings is 2. The number of carbonyl (C=O) groups excluding carboxylic acids is 5. The van der Waals surface area contributed by atoms with Crippen molar-refractivity contribution in [3.8, 4) is 0 Å². The van der Waals surface area contributed by atoms with E-state index in [9.17, 15) is 24.0 Å². The number of para-hydroxylation sites is 2. The average molecular weight is 1050 g/mol. The number of aromatic nitrogens is 2. The van der Waals surface area contributed by atoms with Crippen LogP contribution < -0.4 is 11.1 Å². The first-order valence-corrected chi connectivity index (χ1v) is 25.8. The topological polar surface area (TPSA) is 189 Å². The molecule has 4 heterocycles. The summed E-state index contributed by atoms with van der Waals surface area (Å²) >= 11 is 7.30. The van der Waals surface area contributed by atoms with E-state index in [1.807, 2.05) is 73.0 Å². The number of nitrogens with one attached hydrogen (secondary N) is 3. The number of H-pyrrole nitrogens is 2. The Hall–Kier alpha value is -4.41. The second-order valence-corrected chi connectivity index (χ2v) is 21.4. The molecule has 14 nitrogen and oxygen atoms in total. The lowest BCUT2D eigenvalue weighted by atomic mass is 9.83. The number of aromatic amines is 2. The summed E-state index contributed by atoms with van der Waals surface area (Å²) in [5, 5.41) is 5.09. The van der Waals surface area contributed by atoms with E-state index < -0.39 is 29.9 Å². The van der Waals surface area contributed by atoms with E-state index in [0.29, 0.717) is 38.8 Å². The van der Waals surface area contributed by atoms with E-state index >= 15 is 0 Å². The van der Waals surface area contributed by atoms with Gasteiger partial charge in [-0.3, -0.25) is 19.2 Å². The lowest BCUT2D eigenvalue weighted by molar-refractivity contribution is -0.150. The molecule has 3 amide bonds. The number of hydrogen-bond acceptors (Lipinski definition) is 9. The van der Waals surface area contributed by atoms with Gasteiger partial charge in [-0.1, -0.05) is 74.9 Å². The molecule has 5 N–H and O–H groups in total. The normalized spacial score (nSPS) is 22.5. The predicted octanol–water partition coefficient (Wildman–Crippen LogP) is 9.39. The molecule has 8 rings (SSSR count). The molecule has 2 aromatic carbocycles. The first kappa shape index (κ1) is 50.5. The maximum absolute atomic E-state index is 14.2. The molecule has 2 aliphatic carbocycles. The van der Waals surface area contributed by atoms with Crippen molar-refractivity contribution in [1.82, 2.24) is 25.1 Å². The molecule has 6 atom stereocenters. The Morgan fingerprint density at radius 3 is 1.55 bits per heavy atom. The number of rotatable bonds is 11. The van der Waals surface area contributed by atoms with Gasteiger partial charge in [0.1, 0.15) is 23.9 Å². The monoisotopic (exact) mass is 1050 g/mol. The van der Waals surface area contributed by atoms with Gasteiger partial charge in [0.05, 0.1) is 27.3 Å². The fourth-order valence-electron chi connectivity index (χ4n) is 10.9. The van der Waals surface area contributed by atoms with Gasteiger partial charge in [0.25, 0.3) is 0 Å². The number of esters is 2. The van der Waals surface area contributed by atoms with Crippen LogP contribution in [-0.4, -0.2) is 105 Å². The SMILES string of the molecule is CC(=O)O[C@@H]1CCN(C(=O)[C@@H](N)C2CCCCC2)[C@@H]1Cc1c(Br)[nH]c2ccccc12.CC(=O)O[C@@H]1CCN(C(=O)[C@@H](NC(=O)OC(C)(C)C)C2CCCCC2)[C@@H]1Cc1c(Br)[nH]c2ccccc12. The van der Waals surface area contributed by atoms with Gasteiger partial charge in [-0.05, 0) is 126 Å². The fraction of sp³-hybridized carbons (Fsp3) is 0.588. The van der Waals surface area contributed by atoms with Gasteiger partial charge in [0, 0.05) is 61.6 Å². The van der Waals surface area contributed by atoms with E-state index in [4.69, 9.17) is 19.9 Å². The summed E-state index contributed by atoms with van der Waals surface area (Å²) in [7, 11) is 0. The van der Waals surface area contributed by atoms with Crippen molar-refractivity contribution in [3.63, 3.8) is 0 Å². The summed E-state index contributed by atoms with van der Waals surface area (Å²) in [4.78, 5) is 74.4. The summed E-state index contributed by atoms with van der Waals surface area (Å²) in [6.07, 6.45) is 11.5. The maximum Gasteiger partial charge on any atom is 0.408 e. The van der Waals surface area contributed by atoms with Crippen molar-refractivity contribution < 1.29 is 38.2 Å². The van der Waals surface area contributed by atoms with Gasteiger partial charge in [0.15, 0.2) is 0 Å². The van der Waals surface area contributed by atoms with Crippen LogP contribution in [0.1, 0.15) is 123 Å². The highest BCUT2D eigenvalue weighted by molar-refractivity contribution is 9.10. The molecular weight excluding hydrogens is 984 g/mol. The standard InChI is InChI=1S/C28H38BrN3O5.C23H30BrN3O3/c1-17(33)36-23-14-15-32(22(23)16-20-19-12-8-9-13-21(19)30-25(20)29)26(34)24(18-10-6-5-7-11-18)31-27(35)37-28(2,3)4;1-14(28)30-20-11-12-27(23(29)21(25)15-7-3-2-4-8-15)19(20)13-17-16-9-5-6-10-18(16)26-22(17)24/h8-9,12-13,18,22-24,30H,5-7,10-11,14-16H2,1-4H3,(H,31,35);5-6,9-10,15,19-21,26H,2-4,7-8,11-13,25H2,1H3/t22-,23-,24+;19-,20-,21+/m11/s1. The minimum Gasteiger partial charge on any atom is -0.460 e. The molecule has 0 bridgehead atoms. The largest absolute Gasteiger partial charge is 0.460 e. The maximum atomic E-state index is 14.2. The molecule has 4 aromatic rings. The lowest BCUT2D eigenvalue weighted by Crippen LogP contribution is -2.55. The van der Waals surface area contributed by atoms with Gasteiger partial charge in [0.2, 0.25) is 11.8 Å². The molecule has 2 aromatic heterocycles. The molecular formula is C51H68Br2N6O8. The van der Waals surface area contributed by atoms with Gasteiger partial charge >= 0.3 is 18.0 Å². The minimum atomic E-state index is -0.680.